The molecule has 0 unspecified atom stereocenters. The summed E-state index contributed by atoms with van der Waals surface area (Å²) in [5.74, 6) is 0.607. The number of hydrogen-bond acceptors (Lipinski definition) is 7. The van der Waals surface area contributed by atoms with E-state index >= 15 is 0 Å². The number of nitrogens with zero attached hydrogens (tertiary/aromatic N) is 7. The lowest BCUT2D eigenvalue weighted by Crippen LogP contribution is -2.16. The molecule has 11 heteroatoms. The summed E-state index contributed by atoms with van der Waals surface area (Å²) < 4.78 is 3.46. The summed E-state index contributed by atoms with van der Waals surface area (Å²) in [5.41, 5.74) is 2.08. The van der Waals surface area contributed by atoms with Gasteiger partial charge in [0.2, 0.25) is 5.91 Å². The van der Waals surface area contributed by atoms with Gasteiger partial charge in [0.25, 0.3) is 0 Å². The van der Waals surface area contributed by atoms with E-state index in [2.05, 4.69) is 37.2 Å². The number of hydrogen-bond donors (Lipinski definition) is 1. The maximum absolute atomic E-state index is 12.7. The molecule has 31 heavy (non-hydrogen) atoms. The number of carbonyl (C=O) groups is 1. The van der Waals surface area contributed by atoms with E-state index in [1.54, 1.807) is 47.7 Å². The Bertz CT molecular complexity index is 1190. The highest BCUT2D eigenvalue weighted by atomic mass is 35.5. The molecule has 0 bridgehead atoms. The summed E-state index contributed by atoms with van der Waals surface area (Å²) in [4.78, 5) is 20.6. The quantitative estimate of drug-likeness (QED) is 0.322. The van der Waals surface area contributed by atoms with Crippen LogP contribution in [0.4, 0.5) is 5.69 Å². The number of thioether (sulfide) groups is 1. The summed E-state index contributed by atoms with van der Waals surface area (Å²) in [6.45, 7) is 4.31. The zero-order valence-electron chi connectivity index (χ0n) is 16.2. The lowest BCUT2D eigenvalue weighted by Gasteiger charge is -2.11. The van der Waals surface area contributed by atoms with Crippen LogP contribution < -0.4 is 5.32 Å². The van der Waals surface area contributed by atoms with E-state index in [0.717, 1.165) is 5.56 Å². The zero-order valence-corrected chi connectivity index (χ0v) is 17.8. The molecule has 0 aliphatic carbocycles. The third-order valence-corrected chi connectivity index (χ3v) is 5.40. The topological polar surface area (TPSA) is 103 Å². The van der Waals surface area contributed by atoms with Crippen molar-refractivity contribution in [3.05, 3.63) is 73.1 Å². The van der Waals surface area contributed by atoms with Crippen molar-refractivity contribution in [1.82, 2.24) is 34.5 Å². The number of aromatic nitrogens is 7. The Labute approximate surface area is 187 Å². The minimum Gasteiger partial charge on any atom is -0.323 e. The molecule has 0 spiro atoms. The number of pyridine rings is 1. The number of carbonyl (C=O) groups excluding carboxylic acids is 1. The number of halogens is 1. The molecule has 1 aromatic carbocycles. The standard InChI is InChI=1S/C20H17ClN8OS/c1-2-9-28-19(14-5-7-22-8-6-14)26-27-20(28)31-11-18(30)25-16-10-15(21)3-4-17(16)29-13-23-12-24-29/h2-8,10,12-13H,1,9,11H2,(H,25,30). The number of anilines is 1. The van der Waals surface area contributed by atoms with Crippen LogP contribution in [-0.4, -0.2) is 46.2 Å². The van der Waals surface area contributed by atoms with E-state index in [0.29, 0.717) is 33.9 Å². The fourth-order valence-electron chi connectivity index (χ4n) is 2.86. The van der Waals surface area contributed by atoms with Gasteiger partial charge >= 0.3 is 0 Å². The molecule has 3 heterocycles. The van der Waals surface area contributed by atoms with Crippen molar-refractivity contribution in [2.24, 2.45) is 0 Å². The fraction of sp³-hybridized carbons (Fsp3) is 0.100. The monoisotopic (exact) mass is 452 g/mol. The summed E-state index contributed by atoms with van der Waals surface area (Å²) in [7, 11) is 0. The normalized spacial score (nSPS) is 10.7. The molecule has 4 aromatic rings. The first-order valence-electron chi connectivity index (χ1n) is 9.17. The zero-order chi connectivity index (χ0) is 21.6. The van der Waals surface area contributed by atoms with Gasteiger partial charge in [0.05, 0.1) is 17.1 Å². The molecule has 0 aliphatic heterocycles. The molecule has 3 aromatic heterocycles. The molecule has 9 nitrogen and oxygen atoms in total. The molecule has 0 atom stereocenters. The molecular weight excluding hydrogens is 436 g/mol. The van der Waals surface area contributed by atoms with Crippen molar-refractivity contribution in [3.8, 4) is 17.1 Å². The molecular formula is C20H17ClN8OS. The number of allylic oxidation sites excluding steroid dienone is 1. The molecule has 1 N–H and O–H groups in total. The molecule has 0 aliphatic rings. The highest BCUT2D eigenvalue weighted by molar-refractivity contribution is 7.99. The predicted molar refractivity (Wildman–Crippen MR) is 119 cm³/mol. The maximum atomic E-state index is 12.7. The van der Waals surface area contributed by atoms with Crippen LogP contribution in [0.15, 0.2) is 73.2 Å². The first-order chi connectivity index (χ1) is 15.2. The number of rotatable bonds is 8. The molecule has 0 saturated carbocycles. The number of amides is 1. The second-order valence-electron chi connectivity index (χ2n) is 6.28. The Balaban J connectivity index is 1.50. The van der Waals surface area contributed by atoms with E-state index in [4.69, 9.17) is 11.6 Å². The lowest BCUT2D eigenvalue weighted by molar-refractivity contribution is -0.113. The molecule has 1 amide bonds. The molecule has 4 rings (SSSR count). The Morgan fingerprint density at radius 3 is 2.77 bits per heavy atom. The van der Waals surface area contributed by atoms with E-state index in [9.17, 15) is 4.79 Å². The van der Waals surface area contributed by atoms with Gasteiger partial charge in [0.15, 0.2) is 11.0 Å². The summed E-state index contributed by atoms with van der Waals surface area (Å²) in [6, 6.07) is 8.87. The number of nitrogens with one attached hydrogen (secondary N) is 1. The Hall–Kier alpha value is -3.50. The predicted octanol–water partition coefficient (Wildman–Crippen LogP) is 3.49. The van der Waals surface area contributed by atoms with Crippen molar-refractivity contribution < 1.29 is 4.79 Å². The average molecular weight is 453 g/mol. The number of benzene rings is 1. The van der Waals surface area contributed by atoms with E-state index in [-0.39, 0.29) is 11.7 Å². The molecule has 0 fully saturated rings. The van der Waals surface area contributed by atoms with Crippen molar-refractivity contribution in [3.63, 3.8) is 0 Å². The highest BCUT2D eigenvalue weighted by Gasteiger charge is 2.16. The van der Waals surface area contributed by atoms with Gasteiger partial charge in [-0.1, -0.05) is 29.4 Å². The third-order valence-electron chi connectivity index (χ3n) is 4.20. The van der Waals surface area contributed by atoms with E-state index < -0.39 is 0 Å². The summed E-state index contributed by atoms with van der Waals surface area (Å²) >= 11 is 7.40. The van der Waals surface area contributed by atoms with Crippen molar-refractivity contribution in [2.75, 3.05) is 11.1 Å². The lowest BCUT2D eigenvalue weighted by atomic mass is 10.2. The second kappa shape index (κ2) is 9.54. The fourth-order valence-corrected chi connectivity index (χ4v) is 3.78. The summed E-state index contributed by atoms with van der Waals surface area (Å²) in [6.07, 6.45) is 8.11. The Kier molecular flexibility index (Phi) is 6.39. The van der Waals surface area contributed by atoms with Gasteiger partial charge in [-0.2, -0.15) is 5.10 Å². The van der Waals surface area contributed by atoms with Crippen LogP contribution in [0.3, 0.4) is 0 Å². The molecule has 156 valence electrons. The van der Waals surface area contributed by atoms with Gasteiger partial charge in [0.1, 0.15) is 12.7 Å². The summed E-state index contributed by atoms with van der Waals surface area (Å²) in [5, 5.41) is 16.6. The van der Waals surface area contributed by atoms with Crippen molar-refractivity contribution in [1.29, 1.82) is 0 Å². The largest absolute Gasteiger partial charge is 0.323 e. The van der Waals surface area contributed by atoms with Gasteiger partial charge in [-0.15, -0.1) is 16.8 Å². The van der Waals surface area contributed by atoms with Crippen LogP contribution >= 0.6 is 23.4 Å². The molecule has 0 saturated heterocycles. The van der Waals surface area contributed by atoms with E-state index in [1.165, 1.54) is 18.1 Å². The SMILES string of the molecule is C=CCn1c(SCC(=O)Nc2cc(Cl)ccc2-n2cncn2)nnc1-c1ccncc1. The van der Waals surface area contributed by atoms with Crippen LogP contribution in [0.2, 0.25) is 5.02 Å². The van der Waals surface area contributed by atoms with Gasteiger partial charge in [-0.3, -0.25) is 14.3 Å². The second-order valence-corrected chi connectivity index (χ2v) is 7.66. The van der Waals surface area contributed by atoms with Crippen molar-refractivity contribution in [2.45, 2.75) is 11.7 Å². The smallest absolute Gasteiger partial charge is 0.234 e. The third kappa shape index (κ3) is 4.81. The minimum absolute atomic E-state index is 0.134. The van der Waals surface area contributed by atoms with Gasteiger partial charge in [0, 0.05) is 29.5 Å². The van der Waals surface area contributed by atoms with Crippen LogP contribution in [-0.2, 0) is 11.3 Å². The average Bonchev–Trinajstić information content (AvgIpc) is 3.44. The molecule has 0 radical (unpaired) electrons. The minimum atomic E-state index is -0.216. The van der Waals surface area contributed by atoms with Gasteiger partial charge in [-0.25, -0.2) is 9.67 Å². The Morgan fingerprint density at radius 2 is 2.03 bits per heavy atom. The highest BCUT2D eigenvalue weighted by Crippen LogP contribution is 2.26. The van der Waals surface area contributed by atoms with Gasteiger partial charge < -0.3 is 5.32 Å². The van der Waals surface area contributed by atoms with Crippen LogP contribution in [0, 0.1) is 0 Å². The van der Waals surface area contributed by atoms with Crippen LogP contribution in [0.1, 0.15) is 0 Å². The van der Waals surface area contributed by atoms with Crippen LogP contribution in [0.5, 0.6) is 0 Å². The first kappa shape index (κ1) is 20.8. The van der Waals surface area contributed by atoms with Crippen molar-refractivity contribution >= 4 is 35.0 Å². The van der Waals surface area contributed by atoms with Crippen LogP contribution in [0.25, 0.3) is 17.1 Å². The first-order valence-corrected chi connectivity index (χ1v) is 10.5. The Morgan fingerprint density at radius 1 is 1.19 bits per heavy atom. The van der Waals surface area contributed by atoms with E-state index in [1.807, 2.05) is 16.7 Å². The van der Waals surface area contributed by atoms with Gasteiger partial charge in [-0.05, 0) is 30.3 Å². The maximum Gasteiger partial charge on any atom is 0.234 e.